The van der Waals surface area contributed by atoms with Crippen molar-refractivity contribution >= 4 is 39.7 Å². The zero-order chi connectivity index (χ0) is 25.9. The first kappa shape index (κ1) is 23.9. The summed E-state index contributed by atoms with van der Waals surface area (Å²) in [6.45, 7) is 0.479. The molecule has 3 heterocycles. The molecule has 1 aliphatic heterocycles. The van der Waals surface area contributed by atoms with Gasteiger partial charge in [-0.05, 0) is 59.6 Å². The number of benzene rings is 3. The number of nitrogens with one attached hydrogen (secondary N) is 2. The standard InChI is InChI=1S/C31H27N5OS/c37-28(33-26-15-8-10-22-9-4-5-13-25(22)26)17-20-36-30(29(34-31(36)38)27-14-6-7-18-32-27)23-16-19-35(21-23)24-11-2-1-3-12-24/h1-16,18-19,21,29-30H,17,20H2,(H,33,37)(H,34,38)/t29-,30+/m1/s1. The lowest BCUT2D eigenvalue weighted by molar-refractivity contribution is -0.116. The number of rotatable bonds is 7. The Balaban J connectivity index is 1.25. The number of aromatic nitrogens is 2. The molecule has 3 aromatic carbocycles. The predicted octanol–water partition coefficient (Wildman–Crippen LogP) is 6.03. The summed E-state index contributed by atoms with van der Waals surface area (Å²) in [5.41, 5.74) is 3.92. The highest BCUT2D eigenvalue weighted by Crippen LogP contribution is 2.39. The molecule has 0 bridgehead atoms. The first-order valence-electron chi connectivity index (χ1n) is 12.7. The molecule has 0 aliphatic carbocycles. The van der Waals surface area contributed by atoms with Crippen LogP contribution in [0.3, 0.4) is 0 Å². The summed E-state index contributed by atoms with van der Waals surface area (Å²) in [5, 5.41) is 9.31. The van der Waals surface area contributed by atoms with Crippen molar-refractivity contribution in [3.63, 3.8) is 0 Å². The molecule has 2 aromatic heterocycles. The minimum Gasteiger partial charge on any atom is -0.352 e. The minimum atomic E-state index is -0.128. The number of para-hydroxylation sites is 1. The molecule has 5 aromatic rings. The van der Waals surface area contributed by atoms with Gasteiger partial charge in [0.25, 0.3) is 0 Å². The predicted molar refractivity (Wildman–Crippen MR) is 155 cm³/mol. The van der Waals surface area contributed by atoms with Gasteiger partial charge in [-0.25, -0.2) is 0 Å². The van der Waals surface area contributed by atoms with Crippen molar-refractivity contribution in [3.05, 3.63) is 127 Å². The maximum absolute atomic E-state index is 13.1. The van der Waals surface area contributed by atoms with Crippen molar-refractivity contribution in [2.24, 2.45) is 0 Å². The lowest BCUT2D eigenvalue weighted by atomic mass is 9.99. The number of carbonyl (C=O) groups excluding carboxylic acids is 1. The number of pyridine rings is 1. The molecule has 38 heavy (non-hydrogen) atoms. The highest BCUT2D eigenvalue weighted by molar-refractivity contribution is 7.80. The van der Waals surface area contributed by atoms with Gasteiger partial charge in [0.05, 0.1) is 17.8 Å². The van der Waals surface area contributed by atoms with Gasteiger partial charge in [0, 0.05) is 48.3 Å². The van der Waals surface area contributed by atoms with E-state index in [9.17, 15) is 4.79 Å². The van der Waals surface area contributed by atoms with Crippen molar-refractivity contribution < 1.29 is 4.79 Å². The Kier molecular flexibility index (Phi) is 6.58. The van der Waals surface area contributed by atoms with Crippen LogP contribution in [0.25, 0.3) is 16.5 Å². The first-order chi connectivity index (χ1) is 18.7. The summed E-state index contributed by atoms with van der Waals surface area (Å²) in [7, 11) is 0. The summed E-state index contributed by atoms with van der Waals surface area (Å²) in [4.78, 5) is 19.8. The summed E-state index contributed by atoms with van der Waals surface area (Å²) in [5.74, 6) is -0.0500. The van der Waals surface area contributed by atoms with Crippen molar-refractivity contribution in [2.75, 3.05) is 11.9 Å². The van der Waals surface area contributed by atoms with Gasteiger partial charge >= 0.3 is 0 Å². The molecular formula is C31H27N5OS. The van der Waals surface area contributed by atoms with Gasteiger partial charge in [-0.15, -0.1) is 0 Å². The highest BCUT2D eigenvalue weighted by atomic mass is 32.1. The van der Waals surface area contributed by atoms with Crippen molar-refractivity contribution in [3.8, 4) is 5.69 Å². The quantitative estimate of drug-likeness (QED) is 0.258. The van der Waals surface area contributed by atoms with E-state index in [2.05, 4.69) is 55.7 Å². The van der Waals surface area contributed by atoms with Crippen LogP contribution in [0.15, 0.2) is 116 Å². The van der Waals surface area contributed by atoms with Crippen molar-refractivity contribution in [2.45, 2.75) is 18.5 Å². The molecule has 1 fully saturated rings. The normalized spacial score (nSPS) is 16.9. The third kappa shape index (κ3) is 4.76. The average molecular weight is 518 g/mol. The van der Waals surface area contributed by atoms with E-state index in [1.165, 1.54) is 0 Å². The van der Waals surface area contributed by atoms with Crippen LogP contribution in [-0.4, -0.2) is 32.0 Å². The second-order valence-electron chi connectivity index (χ2n) is 9.33. The summed E-state index contributed by atoms with van der Waals surface area (Å²) in [6, 6.07) is 32.0. The SMILES string of the molecule is O=C(CCN1C(=S)N[C@H](c2ccccn2)[C@@H]1c1ccn(-c2ccccc2)c1)Nc1cccc2ccccc12. The topological polar surface area (TPSA) is 62.2 Å². The van der Waals surface area contributed by atoms with E-state index in [0.717, 1.165) is 33.4 Å². The summed E-state index contributed by atoms with van der Waals surface area (Å²) in [6.07, 6.45) is 6.30. The first-order valence-corrected chi connectivity index (χ1v) is 13.1. The van der Waals surface area contributed by atoms with E-state index >= 15 is 0 Å². The maximum atomic E-state index is 13.1. The van der Waals surface area contributed by atoms with Gasteiger partial charge in [-0.3, -0.25) is 9.78 Å². The van der Waals surface area contributed by atoms with Crippen molar-refractivity contribution in [1.29, 1.82) is 0 Å². The third-order valence-electron chi connectivity index (χ3n) is 6.95. The van der Waals surface area contributed by atoms with Gasteiger partial charge in [-0.1, -0.05) is 60.7 Å². The van der Waals surface area contributed by atoms with Gasteiger partial charge in [0.15, 0.2) is 5.11 Å². The van der Waals surface area contributed by atoms with Crippen LogP contribution >= 0.6 is 12.2 Å². The van der Waals surface area contributed by atoms with Crippen LogP contribution in [0.4, 0.5) is 5.69 Å². The Morgan fingerprint density at radius 2 is 1.71 bits per heavy atom. The highest BCUT2D eigenvalue weighted by Gasteiger charge is 2.40. The molecule has 0 spiro atoms. The van der Waals surface area contributed by atoms with E-state index in [-0.39, 0.29) is 18.0 Å². The lowest BCUT2D eigenvalue weighted by Crippen LogP contribution is -2.32. The number of nitrogens with zero attached hydrogens (tertiary/aromatic N) is 3. The Hall–Kier alpha value is -4.49. The molecule has 0 unspecified atom stereocenters. The monoisotopic (exact) mass is 517 g/mol. The van der Waals surface area contributed by atoms with E-state index in [1.54, 1.807) is 6.20 Å². The van der Waals surface area contributed by atoms with Crippen LogP contribution in [0.5, 0.6) is 0 Å². The second-order valence-corrected chi connectivity index (χ2v) is 9.72. The van der Waals surface area contributed by atoms with E-state index < -0.39 is 0 Å². The molecule has 1 aliphatic rings. The number of anilines is 1. The molecule has 188 valence electrons. The van der Waals surface area contributed by atoms with Crippen LogP contribution in [0.1, 0.15) is 29.8 Å². The maximum Gasteiger partial charge on any atom is 0.226 e. The molecular weight excluding hydrogens is 490 g/mol. The third-order valence-corrected chi connectivity index (χ3v) is 7.31. The molecule has 6 nitrogen and oxygen atoms in total. The van der Waals surface area contributed by atoms with Gasteiger partial charge in [0.1, 0.15) is 0 Å². The number of amides is 1. The number of thiocarbonyl (C=S) groups is 1. The molecule has 1 saturated heterocycles. The van der Waals surface area contributed by atoms with Gasteiger partial charge in [0.2, 0.25) is 5.91 Å². The van der Waals surface area contributed by atoms with Crippen molar-refractivity contribution in [1.82, 2.24) is 19.8 Å². The van der Waals surface area contributed by atoms with E-state index in [0.29, 0.717) is 18.1 Å². The second kappa shape index (κ2) is 10.5. The fraction of sp³-hybridized carbons (Fsp3) is 0.129. The minimum absolute atomic E-state index is 0.0500. The number of fused-ring (bicyclic) bond motifs is 1. The summed E-state index contributed by atoms with van der Waals surface area (Å²) >= 11 is 5.79. The number of hydrogen-bond donors (Lipinski definition) is 2. The van der Waals surface area contributed by atoms with Crippen LogP contribution in [0, 0.1) is 0 Å². The molecule has 2 N–H and O–H groups in total. The largest absolute Gasteiger partial charge is 0.352 e. The molecule has 6 rings (SSSR count). The number of hydrogen-bond acceptors (Lipinski definition) is 3. The molecule has 0 saturated carbocycles. The fourth-order valence-electron chi connectivity index (χ4n) is 5.13. The van der Waals surface area contributed by atoms with E-state index in [1.807, 2.05) is 78.9 Å². The molecule has 0 radical (unpaired) electrons. The zero-order valence-corrected chi connectivity index (χ0v) is 21.5. The molecule has 2 atom stereocenters. The van der Waals surface area contributed by atoms with Gasteiger partial charge < -0.3 is 20.1 Å². The molecule has 7 heteroatoms. The summed E-state index contributed by atoms with van der Waals surface area (Å²) < 4.78 is 2.11. The Labute approximate surface area is 226 Å². The van der Waals surface area contributed by atoms with Crippen LogP contribution in [0.2, 0.25) is 0 Å². The van der Waals surface area contributed by atoms with Crippen LogP contribution in [-0.2, 0) is 4.79 Å². The Morgan fingerprint density at radius 3 is 2.55 bits per heavy atom. The smallest absolute Gasteiger partial charge is 0.226 e. The zero-order valence-electron chi connectivity index (χ0n) is 20.7. The lowest BCUT2D eigenvalue weighted by Gasteiger charge is -2.27. The average Bonchev–Trinajstić information content (AvgIpc) is 3.57. The van der Waals surface area contributed by atoms with Crippen LogP contribution < -0.4 is 10.6 Å². The van der Waals surface area contributed by atoms with Gasteiger partial charge in [-0.2, -0.15) is 0 Å². The van der Waals surface area contributed by atoms with E-state index in [4.69, 9.17) is 12.2 Å². The fourth-order valence-corrected chi connectivity index (χ4v) is 5.46. The molecule has 1 amide bonds. The number of carbonyl (C=O) groups is 1. The Morgan fingerprint density at radius 1 is 0.921 bits per heavy atom. The Bertz CT molecular complexity index is 1580.